The van der Waals surface area contributed by atoms with E-state index >= 15 is 0 Å². The molecule has 10 nitrogen and oxygen atoms in total. The molecule has 0 bridgehead atoms. The van der Waals surface area contributed by atoms with Gasteiger partial charge in [0.05, 0.1) is 40.4 Å². The van der Waals surface area contributed by atoms with Crippen LogP contribution in [0.3, 0.4) is 0 Å². The Bertz CT molecular complexity index is 1770. The van der Waals surface area contributed by atoms with E-state index in [9.17, 15) is 14.9 Å². The monoisotopic (exact) mass is 554 g/mol. The lowest BCUT2D eigenvalue weighted by molar-refractivity contribution is -0.157. The number of hydrogen-bond acceptors (Lipinski definition) is 8. The second-order valence-corrected chi connectivity index (χ2v) is 11.4. The van der Waals surface area contributed by atoms with Gasteiger partial charge in [-0.15, -0.1) is 0 Å². The van der Waals surface area contributed by atoms with Gasteiger partial charge in [-0.2, -0.15) is 10.4 Å². The predicted octanol–water partition coefficient (Wildman–Crippen LogP) is 4.43. The lowest BCUT2D eigenvalue weighted by Gasteiger charge is -2.38. The van der Waals surface area contributed by atoms with Gasteiger partial charge in [-0.25, -0.2) is 4.79 Å². The number of aromatic nitrogens is 3. The molecule has 0 unspecified atom stereocenters. The Morgan fingerprint density at radius 1 is 1.05 bits per heavy atom. The highest BCUT2D eigenvalue weighted by Crippen LogP contribution is 2.44. The molecule has 2 aromatic heterocycles. The Hall–Kier alpha value is -4.78. The van der Waals surface area contributed by atoms with Gasteiger partial charge in [-0.05, 0) is 45.9 Å². The number of carbonyl (C=O) groups excluding carboxylic acids is 1. The molecule has 0 aliphatic carbocycles. The van der Waals surface area contributed by atoms with Gasteiger partial charge >= 0.3 is 5.97 Å². The summed E-state index contributed by atoms with van der Waals surface area (Å²) in [5.41, 5.74) is 5.38. The summed E-state index contributed by atoms with van der Waals surface area (Å²) in [6.45, 7) is 8.29. The number of anilines is 3. The molecule has 0 saturated carbocycles. The van der Waals surface area contributed by atoms with Crippen LogP contribution in [0, 0.1) is 18.3 Å². The molecule has 41 heavy (non-hydrogen) atoms. The number of benzene rings is 2. The van der Waals surface area contributed by atoms with Crippen molar-refractivity contribution in [2.75, 3.05) is 36.5 Å². The van der Waals surface area contributed by atoms with E-state index in [0.29, 0.717) is 28.9 Å². The van der Waals surface area contributed by atoms with Crippen molar-refractivity contribution >= 4 is 33.9 Å². The lowest BCUT2D eigenvalue weighted by Crippen LogP contribution is -2.37. The summed E-state index contributed by atoms with van der Waals surface area (Å²) >= 11 is 0. The lowest BCUT2D eigenvalue weighted by atomic mass is 9.98. The number of nitrogens with zero attached hydrogens (tertiary/aromatic N) is 6. The third-order valence-corrected chi connectivity index (χ3v) is 7.15. The minimum atomic E-state index is -0.632. The highest BCUT2D eigenvalue weighted by atomic mass is 16.6. The Kier molecular flexibility index (Phi) is 6.99. The van der Waals surface area contributed by atoms with Crippen LogP contribution in [-0.2, 0) is 23.6 Å². The Morgan fingerprint density at radius 2 is 1.80 bits per heavy atom. The number of carbonyl (C=O) groups is 1. The first kappa shape index (κ1) is 27.8. The average Bonchev–Trinajstić information content (AvgIpc) is 3.35. The molecule has 1 aliphatic heterocycles. The van der Waals surface area contributed by atoms with Crippen molar-refractivity contribution < 1.29 is 14.3 Å². The van der Waals surface area contributed by atoms with Gasteiger partial charge in [0.1, 0.15) is 11.4 Å². The molecule has 212 valence electrons. The minimum absolute atomic E-state index is 0.112. The molecule has 5 rings (SSSR count). The number of likely N-dealkylation sites (N-methyl/N-ethyl adjacent to an activating group) is 1. The fourth-order valence-corrected chi connectivity index (χ4v) is 5.23. The first-order valence-electron chi connectivity index (χ1n) is 13.4. The van der Waals surface area contributed by atoms with Gasteiger partial charge in [-0.3, -0.25) is 9.48 Å². The smallest absolute Gasteiger partial charge is 0.344 e. The number of rotatable bonds is 5. The van der Waals surface area contributed by atoms with E-state index in [1.807, 2.05) is 44.6 Å². The van der Waals surface area contributed by atoms with E-state index in [0.717, 1.165) is 40.1 Å². The number of pyridine rings is 1. The highest BCUT2D eigenvalue weighted by molar-refractivity contribution is 5.98. The van der Waals surface area contributed by atoms with Crippen LogP contribution in [0.5, 0.6) is 5.75 Å². The largest absolute Gasteiger partial charge is 0.482 e. The molecule has 0 spiro atoms. The third kappa shape index (κ3) is 5.35. The van der Waals surface area contributed by atoms with E-state index in [2.05, 4.69) is 21.0 Å². The quantitative estimate of drug-likeness (QED) is 0.334. The van der Waals surface area contributed by atoms with Crippen LogP contribution in [0.4, 0.5) is 17.1 Å². The van der Waals surface area contributed by atoms with Crippen LogP contribution in [0.25, 0.3) is 22.0 Å². The topological polar surface area (TPSA) is 106 Å². The summed E-state index contributed by atoms with van der Waals surface area (Å²) in [6.07, 6.45) is 3.65. The van der Waals surface area contributed by atoms with Crippen molar-refractivity contribution in [2.24, 2.45) is 14.1 Å². The first-order valence-corrected chi connectivity index (χ1v) is 13.4. The molecule has 1 aliphatic rings. The van der Waals surface area contributed by atoms with Crippen LogP contribution >= 0.6 is 0 Å². The van der Waals surface area contributed by atoms with E-state index in [1.165, 1.54) is 0 Å². The van der Waals surface area contributed by atoms with Crippen molar-refractivity contribution in [3.8, 4) is 22.9 Å². The van der Waals surface area contributed by atoms with Gasteiger partial charge in [-0.1, -0.05) is 0 Å². The van der Waals surface area contributed by atoms with Crippen LogP contribution in [-0.4, -0.2) is 52.7 Å². The Morgan fingerprint density at radius 3 is 2.46 bits per heavy atom. The molecule has 0 N–H and O–H groups in total. The first-order chi connectivity index (χ1) is 19.4. The van der Waals surface area contributed by atoms with Crippen LogP contribution in [0.2, 0.25) is 0 Å². The molecule has 0 fully saturated rings. The summed E-state index contributed by atoms with van der Waals surface area (Å²) in [6, 6.07) is 11.8. The van der Waals surface area contributed by atoms with E-state index < -0.39 is 11.6 Å². The number of fused-ring (bicyclic) bond motifs is 2. The SMILES string of the molecule is Cc1cc2c(N3CCN(C)c4cc(-c5cnn(C)c5)c(C#N)cc43)cc(OCC(=O)OC(C)(C)C)cc2n(C)c1=O. The van der Waals surface area contributed by atoms with Crippen molar-refractivity contribution in [1.29, 1.82) is 5.26 Å². The summed E-state index contributed by atoms with van der Waals surface area (Å²) in [5, 5.41) is 15.3. The molecule has 0 amide bonds. The number of ether oxygens (including phenoxy) is 2. The van der Waals surface area contributed by atoms with Gasteiger partial charge in [0.2, 0.25) is 0 Å². The summed E-state index contributed by atoms with van der Waals surface area (Å²) in [5.74, 6) is -0.0475. The molecule has 4 aromatic rings. The molecule has 3 heterocycles. The molecule has 0 saturated heterocycles. The maximum Gasteiger partial charge on any atom is 0.344 e. The second kappa shape index (κ2) is 10.3. The minimum Gasteiger partial charge on any atom is -0.482 e. The van der Waals surface area contributed by atoms with Crippen molar-refractivity contribution in [3.63, 3.8) is 0 Å². The number of hydrogen-bond donors (Lipinski definition) is 0. The molecular weight excluding hydrogens is 520 g/mol. The van der Waals surface area contributed by atoms with Crippen molar-refractivity contribution in [1.82, 2.24) is 14.3 Å². The number of esters is 1. The molecule has 2 aromatic carbocycles. The zero-order chi connectivity index (χ0) is 29.6. The van der Waals surface area contributed by atoms with Gasteiger partial charge in [0, 0.05) is 74.6 Å². The fourth-order valence-electron chi connectivity index (χ4n) is 5.23. The van der Waals surface area contributed by atoms with Crippen molar-refractivity contribution in [3.05, 3.63) is 64.2 Å². The van der Waals surface area contributed by atoms with Crippen LogP contribution < -0.4 is 20.1 Å². The number of nitriles is 1. The van der Waals surface area contributed by atoms with E-state index in [4.69, 9.17) is 9.47 Å². The third-order valence-electron chi connectivity index (χ3n) is 7.15. The summed E-state index contributed by atoms with van der Waals surface area (Å²) < 4.78 is 14.6. The van der Waals surface area contributed by atoms with Crippen LogP contribution in [0.1, 0.15) is 31.9 Å². The van der Waals surface area contributed by atoms with Gasteiger partial charge in [0.25, 0.3) is 5.56 Å². The van der Waals surface area contributed by atoms with Crippen LogP contribution in [0.15, 0.2) is 47.5 Å². The predicted molar refractivity (Wildman–Crippen MR) is 159 cm³/mol. The van der Waals surface area contributed by atoms with E-state index in [1.54, 1.807) is 56.3 Å². The van der Waals surface area contributed by atoms with Crippen molar-refractivity contribution in [2.45, 2.75) is 33.3 Å². The molecule has 0 radical (unpaired) electrons. The fraction of sp³-hybridized carbons (Fsp3) is 0.355. The summed E-state index contributed by atoms with van der Waals surface area (Å²) in [7, 11) is 5.60. The molecule has 10 heteroatoms. The Labute approximate surface area is 238 Å². The highest BCUT2D eigenvalue weighted by Gasteiger charge is 2.27. The molecule has 0 atom stereocenters. The number of aryl methyl sites for hydroxylation is 3. The maximum absolute atomic E-state index is 12.9. The summed E-state index contributed by atoms with van der Waals surface area (Å²) in [4.78, 5) is 29.6. The van der Waals surface area contributed by atoms with Gasteiger partial charge in [0.15, 0.2) is 6.61 Å². The maximum atomic E-state index is 12.9. The normalized spacial score (nSPS) is 13.2. The zero-order valence-electron chi connectivity index (χ0n) is 24.5. The molecular formula is C31H34N6O4. The standard InChI is InChI=1S/C31H34N6O4/c1-19-10-24-25(36(7)30(19)39)12-22(40-18-29(38)41-31(2,3)4)13-26(24)37-9-8-34(5)27-14-23(20(15-32)11-28(27)37)21-16-33-35(6)17-21/h10-14,16-17H,8-9,18H2,1-7H3. The average molecular weight is 555 g/mol. The van der Waals surface area contributed by atoms with E-state index in [-0.39, 0.29) is 12.2 Å². The second-order valence-electron chi connectivity index (χ2n) is 11.4. The van der Waals surface area contributed by atoms with Gasteiger partial charge < -0.3 is 23.8 Å². The zero-order valence-corrected chi connectivity index (χ0v) is 24.5. The Balaban J connectivity index is 1.66.